The lowest BCUT2D eigenvalue weighted by molar-refractivity contribution is 0.626. The topological polar surface area (TPSA) is 29.3 Å². The van der Waals surface area contributed by atoms with Gasteiger partial charge in [0.25, 0.3) is 0 Å². The predicted octanol–water partition coefficient (Wildman–Crippen LogP) is 4.38. The Hall–Kier alpha value is -0.800. The van der Waals surface area contributed by atoms with Crippen LogP contribution in [0.15, 0.2) is 18.2 Å². The summed E-state index contributed by atoms with van der Waals surface area (Å²) < 4.78 is 0. The van der Waals surface area contributed by atoms with Crippen LogP contribution in [0.3, 0.4) is 0 Å². The fourth-order valence-corrected chi connectivity index (χ4v) is 2.48. The van der Waals surface area contributed by atoms with Crippen LogP contribution < -0.4 is 10.6 Å². The molecule has 0 heterocycles. The first-order valence-corrected chi connectivity index (χ1v) is 7.62. The van der Waals surface area contributed by atoms with Crippen LogP contribution in [0.25, 0.3) is 0 Å². The quantitative estimate of drug-likeness (QED) is 0.598. The van der Waals surface area contributed by atoms with Gasteiger partial charge in [-0.2, -0.15) is 0 Å². The molecule has 2 N–H and O–H groups in total. The molecule has 0 amide bonds. The van der Waals surface area contributed by atoms with Crippen LogP contribution in [-0.2, 0) is 0 Å². The van der Waals surface area contributed by atoms with Gasteiger partial charge in [0.15, 0.2) is 0 Å². The number of hydrogen-bond donors (Lipinski definition) is 1. The van der Waals surface area contributed by atoms with Crippen molar-refractivity contribution in [3.63, 3.8) is 0 Å². The Morgan fingerprint density at radius 2 is 2.05 bits per heavy atom. The highest BCUT2D eigenvalue weighted by molar-refractivity contribution is 7.80. The largest absolute Gasteiger partial charge is 0.389 e. The Balaban J connectivity index is 3.04. The second-order valence-corrected chi connectivity index (χ2v) is 5.90. The van der Waals surface area contributed by atoms with E-state index < -0.39 is 0 Å². The minimum Gasteiger partial charge on any atom is -0.389 e. The highest BCUT2D eigenvalue weighted by atomic mass is 35.5. The molecule has 19 heavy (non-hydrogen) atoms. The fourth-order valence-electron chi connectivity index (χ4n) is 2.15. The molecule has 0 unspecified atom stereocenters. The fraction of sp³-hybridized carbons (Fsp3) is 0.533. The third-order valence-corrected chi connectivity index (χ3v) is 3.61. The van der Waals surface area contributed by atoms with Gasteiger partial charge in [-0.1, -0.05) is 43.6 Å². The Bertz CT molecular complexity index is 432. The summed E-state index contributed by atoms with van der Waals surface area (Å²) in [5, 5.41) is 0.670. The second-order valence-electron chi connectivity index (χ2n) is 5.02. The maximum absolute atomic E-state index is 6.04. The predicted molar refractivity (Wildman–Crippen MR) is 89.3 cm³/mol. The van der Waals surface area contributed by atoms with Gasteiger partial charge in [0, 0.05) is 28.9 Å². The third kappa shape index (κ3) is 4.66. The molecule has 2 nitrogen and oxygen atoms in total. The number of anilines is 1. The van der Waals surface area contributed by atoms with Crippen molar-refractivity contribution in [2.24, 2.45) is 5.73 Å². The molecule has 1 aromatic carbocycles. The molecule has 0 fully saturated rings. The lowest BCUT2D eigenvalue weighted by Crippen LogP contribution is -2.33. The minimum atomic E-state index is 0.402. The van der Waals surface area contributed by atoms with Gasteiger partial charge in [-0.25, -0.2) is 0 Å². The number of benzene rings is 1. The molecule has 4 heteroatoms. The average Bonchev–Trinajstić information content (AvgIpc) is 2.35. The first kappa shape index (κ1) is 16.3. The molecule has 0 saturated carbocycles. The Kier molecular flexibility index (Phi) is 6.59. The standard InChI is InChI=1S/C15H23ClN2S/c1-4-5-6-9-18(11(2)3)14-8-7-12(16)10-13(14)15(17)19/h7-8,10-11H,4-6,9H2,1-3H3,(H2,17,19). The summed E-state index contributed by atoms with van der Waals surface area (Å²) in [4.78, 5) is 2.75. The van der Waals surface area contributed by atoms with Crippen LogP contribution in [0.4, 0.5) is 5.69 Å². The normalized spacial score (nSPS) is 10.8. The lowest BCUT2D eigenvalue weighted by Gasteiger charge is -2.31. The van der Waals surface area contributed by atoms with Gasteiger partial charge in [0.2, 0.25) is 0 Å². The molecule has 0 aliphatic heterocycles. The maximum Gasteiger partial charge on any atom is 0.106 e. The van der Waals surface area contributed by atoms with E-state index in [0.717, 1.165) is 17.8 Å². The molecule has 0 spiro atoms. The van der Waals surface area contributed by atoms with Crippen molar-refractivity contribution in [2.45, 2.75) is 46.1 Å². The number of hydrogen-bond acceptors (Lipinski definition) is 2. The van der Waals surface area contributed by atoms with E-state index in [-0.39, 0.29) is 0 Å². The summed E-state index contributed by atoms with van der Waals surface area (Å²) in [5.74, 6) is 0. The SMILES string of the molecule is CCCCCN(c1ccc(Cl)cc1C(N)=S)C(C)C. The summed E-state index contributed by atoms with van der Waals surface area (Å²) in [6, 6.07) is 6.18. The molecule has 0 aromatic heterocycles. The lowest BCUT2D eigenvalue weighted by atomic mass is 10.1. The van der Waals surface area contributed by atoms with Gasteiger partial charge in [0.1, 0.15) is 4.99 Å². The van der Waals surface area contributed by atoms with Crippen molar-refractivity contribution in [3.05, 3.63) is 28.8 Å². The number of nitrogens with zero attached hydrogens (tertiary/aromatic N) is 1. The van der Waals surface area contributed by atoms with Crippen molar-refractivity contribution in [2.75, 3.05) is 11.4 Å². The summed E-state index contributed by atoms with van der Waals surface area (Å²) in [7, 11) is 0. The Morgan fingerprint density at radius 1 is 1.37 bits per heavy atom. The average molecular weight is 299 g/mol. The molecule has 106 valence electrons. The molecule has 0 bridgehead atoms. The zero-order chi connectivity index (χ0) is 14.4. The first-order valence-electron chi connectivity index (χ1n) is 6.83. The Labute approximate surface area is 126 Å². The molecular formula is C15H23ClN2S. The van der Waals surface area contributed by atoms with Gasteiger partial charge in [-0.05, 0) is 38.5 Å². The van der Waals surface area contributed by atoms with E-state index in [9.17, 15) is 0 Å². The van der Waals surface area contributed by atoms with Crippen LogP contribution in [0.1, 0.15) is 45.6 Å². The van der Waals surface area contributed by atoms with E-state index in [4.69, 9.17) is 29.6 Å². The molecule has 0 aliphatic carbocycles. The second kappa shape index (κ2) is 7.71. The van der Waals surface area contributed by atoms with Crippen molar-refractivity contribution in [1.82, 2.24) is 0 Å². The zero-order valence-corrected chi connectivity index (χ0v) is 13.5. The van der Waals surface area contributed by atoms with Gasteiger partial charge in [-0.15, -0.1) is 0 Å². The highest BCUT2D eigenvalue weighted by Crippen LogP contribution is 2.26. The van der Waals surface area contributed by atoms with E-state index in [2.05, 4.69) is 25.7 Å². The van der Waals surface area contributed by atoms with Crippen LogP contribution in [0, 0.1) is 0 Å². The molecule has 0 saturated heterocycles. The number of halogens is 1. The highest BCUT2D eigenvalue weighted by Gasteiger charge is 2.15. The van der Waals surface area contributed by atoms with Crippen molar-refractivity contribution in [1.29, 1.82) is 0 Å². The van der Waals surface area contributed by atoms with Gasteiger partial charge in [0.05, 0.1) is 0 Å². The maximum atomic E-state index is 6.04. The van der Waals surface area contributed by atoms with E-state index in [1.807, 2.05) is 18.2 Å². The summed E-state index contributed by atoms with van der Waals surface area (Å²) >= 11 is 11.2. The third-order valence-electron chi connectivity index (χ3n) is 3.16. The Morgan fingerprint density at radius 3 is 2.58 bits per heavy atom. The van der Waals surface area contributed by atoms with Crippen LogP contribution in [0.2, 0.25) is 5.02 Å². The van der Waals surface area contributed by atoms with E-state index in [0.29, 0.717) is 16.1 Å². The molecule has 1 rings (SSSR count). The van der Waals surface area contributed by atoms with E-state index in [1.165, 1.54) is 19.3 Å². The van der Waals surface area contributed by atoms with Crippen LogP contribution in [0.5, 0.6) is 0 Å². The first-order chi connectivity index (χ1) is 8.97. The minimum absolute atomic E-state index is 0.402. The van der Waals surface area contributed by atoms with Gasteiger partial charge in [-0.3, -0.25) is 0 Å². The smallest absolute Gasteiger partial charge is 0.106 e. The van der Waals surface area contributed by atoms with Crippen LogP contribution in [-0.4, -0.2) is 17.6 Å². The van der Waals surface area contributed by atoms with Gasteiger partial charge >= 0.3 is 0 Å². The molecule has 0 atom stereocenters. The monoisotopic (exact) mass is 298 g/mol. The molecular weight excluding hydrogens is 276 g/mol. The van der Waals surface area contributed by atoms with E-state index in [1.54, 1.807) is 0 Å². The molecule has 0 radical (unpaired) electrons. The number of thiocarbonyl (C=S) groups is 1. The zero-order valence-electron chi connectivity index (χ0n) is 11.9. The number of nitrogens with two attached hydrogens (primary N) is 1. The van der Waals surface area contributed by atoms with Crippen molar-refractivity contribution in [3.8, 4) is 0 Å². The molecule has 1 aromatic rings. The van der Waals surface area contributed by atoms with E-state index >= 15 is 0 Å². The van der Waals surface area contributed by atoms with Crippen molar-refractivity contribution < 1.29 is 0 Å². The summed E-state index contributed by atoms with van der Waals surface area (Å²) in [6.45, 7) is 7.60. The van der Waals surface area contributed by atoms with Crippen LogP contribution >= 0.6 is 23.8 Å². The summed E-state index contributed by atoms with van der Waals surface area (Å²) in [6.07, 6.45) is 3.63. The molecule has 0 aliphatic rings. The number of unbranched alkanes of at least 4 members (excludes halogenated alkanes) is 2. The van der Waals surface area contributed by atoms with Crippen molar-refractivity contribution >= 4 is 34.5 Å². The number of rotatable bonds is 7. The van der Waals surface area contributed by atoms with Gasteiger partial charge < -0.3 is 10.6 Å². The summed E-state index contributed by atoms with van der Waals surface area (Å²) in [5.41, 5.74) is 7.78.